The molecule has 2 saturated heterocycles. The number of rotatable bonds is 5. The lowest BCUT2D eigenvalue weighted by atomic mass is 9.66. The first-order chi connectivity index (χ1) is 8.55. The number of carbonyl (C=O) groups is 2. The van der Waals surface area contributed by atoms with Gasteiger partial charge in [-0.15, -0.1) is 0 Å². The van der Waals surface area contributed by atoms with Crippen molar-refractivity contribution in [3.8, 4) is 0 Å². The fraction of sp³-hybridized carbons (Fsp3) is 0.846. The van der Waals surface area contributed by atoms with Crippen LogP contribution in [0.5, 0.6) is 0 Å². The number of carboxylic acid groups (broad SMARTS) is 1. The molecular weight excluding hydrogens is 236 g/mol. The second-order valence-electron chi connectivity index (χ2n) is 5.36. The number of carboxylic acids is 1. The van der Waals surface area contributed by atoms with Crippen molar-refractivity contribution in [1.29, 1.82) is 0 Å². The first-order valence-electron chi connectivity index (χ1n) is 6.59. The third kappa shape index (κ3) is 2.11. The molecule has 0 atom stereocenters. The summed E-state index contributed by atoms with van der Waals surface area (Å²) in [5, 5.41) is 9.17. The molecule has 1 aliphatic carbocycles. The predicted octanol–water partition coefficient (Wildman–Crippen LogP) is 1.74. The third-order valence-electron chi connectivity index (χ3n) is 4.19. The Morgan fingerprint density at radius 2 is 1.94 bits per heavy atom. The van der Waals surface area contributed by atoms with Gasteiger partial charge < -0.3 is 14.6 Å². The van der Waals surface area contributed by atoms with E-state index in [1.165, 1.54) is 0 Å². The summed E-state index contributed by atoms with van der Waals surface area (Å²) in [7, 11) is 0. The summed E-state index contributed by atoms with van der Waals surface area (Å²) in [6.45, 7) is 2.67. The van der Waals surface area contributed by atoms with Crippen LogP contribution >= 0.6 is 0 Å². The third-order valence-corrected chi connectivity index (χ3v) is 4.19. The van der Waals surface area contributed by atoms with E-state index in [2.05, 4.69) is 0 Å². The van der Waals surface area contributed by atoms with E-state index in [0.29, 0.717) is 32.3 Å². The summed E-state index contributed by atoms with van der Waals surface area (Å²) in [6, 6.07) is 0. The second kappa shape index (κ2) is 4.88. The summed E-state index contributed by atoms with van der Waals surface area (Å²) in [5.74, 6) is -1.12. The molecule has 1 N–H and O–H groups in total. The molecule has 0 aromatic rings. The van der Waals surface area contributed by atoms with Gasteiger partial charge in [0.25, 0.3) is 0 Å². The molecule has 2 bridgehead atoms. The molecule has 3 fully saturated rings. The molecule has 0 aromatic heterocycles. The van der Waals surface area contributed by atoms with Crippen LogP contribution < -0.4 is 0 Å². The molecule has 5 heteroatoms. The minimum Gasteiger partial charge on any atom is -0.479 e. The fourth-order valence-corrected chi connectivity index (χ4v) is 2.70. The molecule has 0 spiro atoms. The van der Waals surface area contributed by atoms with Gasteiger partial charge in [0.1, 0.15) is 0 Å². The number of hydrogen-bond donors (Lipinski definition) is 1. The van der Waals surface area contributed by atoms with Gasteiger partial charge in [-0.2, -0.15) is 0 Å². The topological polar surface area (TPSA) is 72.8 Å². The van der Waals surface area contributed by atoms with Crippen LogP contribution in [0.3, 0.4) is 0 Å². The van der Waals surface area contributed by atoms with E-state index < -0.39 is 17.0 Å². The molecule has 0 radical (unpaired) electrons. The van der Waals surface area contributed by atoms with Crippen molar-refractivity contribution in [2.45, 2.75) is 51.0 Å². The Balaban J connectivity index is 1.96. The maximum Gasteiger partial charge on any atom is 0.335 e. The number of fused-ring (bicyclic) bond motifs is 3. The van der Waals surface area contributed by atoms with E-state index in [1.54, 1.807) is 0 Å². The van der Waals surface area contributed by atoms with E-state index in [1.807, 2.05) is 6.92 Å². The number of ether oxygens (including phenoxy) is 2. The zero-order valence-corrected chi connectivity index (χ0v) is 10.7. The maximum absolute atomic E-state index is 12.1. The van der Waals surface area contributed by atoms with Gasteiger partial charge in [-0.3, -0.25) is 4.79 Å². The standard InChI is InChI=1S/C13H20O5/c1-2-3-8-17-11(16)12-4-6-13(7-5-12,10(14)15)18-9-12/h2-9H2,1H3,(H,14,15). The summed E-state index contributed by atoms with van der Waals surface area (Å²) >= 11 is 0. The molecule has 0 unspecified atom stereocenters. The van der Waals surface area contributed by atoms with Gasteiger partial charge in [-0.25, -0.2) is 4.79 Å². The van der Waals surface area contributed by atoms with Crippen LogP contribution in [0.1, 0.15) is 45.4 Å². The molecule has 0 aromatic carbocycles. The molecule has 0 amide bonds. The molecule has 2 aliphatic heterocycles. The summed E-state index contributed by atoms with van der Waals surface area (Å²) in [6.07, 6.45) is 3.78. The lowest BCUT2D eigenvalue weighted by molar-refractivity contribution is -0.216. The van der Waals surface area contributed by atoms with Crippen molar-refractivity contribution >= 4 is 11.9 Å². The van der Waals surface area contributed by atoms with Gasteiger partial charge in [0.15, 0.2) is 5.60 Å². The zero-order chi connectivity index (χ0) is 13.2. The second-order valence-corrected chi connectivity index (χ2v) is 5.36. The van der Waals surface area contributed by atoms with Gasteiger partial charge in [0.2, 0.25) is 0 Å². The van der Waals surface area contributed by atoms with Crippen LogP contribution in [0.2, 0.25) is 0 Å². The largest absolute Gasteiger partial charge is 0.479 e. The maximum atomic E-state index is 12.1. The molecule has 18 heavy (non-hydrogen) atoms. The van der Waals surface area contributed by atoms with Crippen LogP contribution in [0.25, 0.3) is 0 Å². The molecule has 3 aliphatic rings. The number of aliphatic carboxylic acids is 1. The Labute approximate surface area is 106 Å². The minimum absolute atomic E-state index is 0.185. The monoisotopic (exact) mass is 256 g/mol. The Hall–Kier alpha value is -1.10. The van der Waals surface area contributed by atoms with Gasteiger partial charge >= 0.3 is 11.9 Å². The minimum atomic E-state index is -1.05. The first kappa shape index (κ1) is 13.3. The van der Waals surface area contributed by atoms with Crippen LogP contribution in [0.15, 0.2) is 0 Å². The number of carbonyl (C=O) groups excluding carboxylic acids is 1. The van der Waals surface area contributed by atoms with Crippen molar-refractivity contribution in [2.75, 3.05) is 13.2 Å². The predicted molar refractivity (Wildman–Crippen MR) is 63.1 cm³/mol. The molecular formula is C13H20O5. The van der Waals surface area contributed by atoms with Crippen LogP contribution in [0.4, 0.5) is 0 Å². The Morgan fingerprint density at radius 1 is 1.28 bits per heavy atom. The van der Waals surface area contributed by atoms with Crippen molar-refractivity contribution in [1.82, 2.24) is 0 Å². The highest BCUT2D eigenvalue weighted by atomic mass is 16.6. The van der Waals surface area contributed by atoms with Crippen molar-refractivity contribution < 1.29 is 24.2 Å². The lowest BCUT2D eigenvalue weighted by Gasteiger charge is -2.49. The summed E-state index contributed by atoms with van der Waals surface area (Å²) in [4.78, 5) is 23.3. The first-order valence-corrected chi connectivity index (χ1v) is 6.59. The molecule has 2 heterocycles. The normalized spacial score (nSPS) is 34.3. The van der Waals surface area contributed by atoms with Crippen LogP contribution in [-0.2, 0) is 19.1 Å². The van der Waals surface area contributed by atoms with E-state index in [9.17, 15) is 9.59 Å². The van der Waals surface area contributed by atoms with Crippen LogP contribution in [-0.4, -0.2) is 35.9 Å². The molecule has 1 saturated carbocycles. The highest BCUT2D eigenvalue weighted by Gasteiger charge is 2.57. The highest BCUT2D eigenvalue weighted by Crippen LogP contribution is 2.49. The average Bonchev–Trinajstić information content (AvgIpc) is 2.41. The smallest absolute Gasteiger partial charge is 0.335 e. The van der Waals surface area contributed by atoms with Crippen molar-refractivity contribution in [3.63, 3.8) is 0 Å². The molecule has 102 valence electrons. The highest BCUT2D eigenvalue weighted by molar-refractivity contribution is 5.82. The van der Waals surface area contributed by atoms with Crippen molar-refractivity contribution in [3.05, 3.63) is 0 Å². The fourth-order valence-electron chi connectivity index (χ4n) is 2.70. The summed E-state index contributed by atoms with van der Waals surface area (Å²) < 4.78 is 10.7. The van der Waals surface area contributed by atoms with Gasteiger partial charge in [-0.05, 0) is 32.1 Å². The molecule has 3 rings (SSSR count). The lowest BCUT2D eigenvalue weighted by Crippen LogP contribution is -2.58. The summed E-state index contributed by atoms with van der Waals surface area (Å²) in [5.41, 5.74) is -1.64. The van der Waals surface area contributed by atoms with E-state index in [-0.39, 0.29) is 12.6 Å². The number of hydrogen-bond acceptors (Lipinski definition) is 4. The number of esters is 1. The quantitative estimate of drug-likeness (QED) is 0.599. The van der Waals surface area contributed by atoms with Gasteiger partial charge in [0, 0.05) is 0 Å². The van der Waals surface area contributed by atoms with Gasteiger partial charge in [0.05, 0.1) is 18.6 Å². The van der Waals surface area contributed by atoms with E-state index in [4.69, 9.17) is 14.6 Å². The van der Waals surface area contributed by atoms with Gasteiger partial charge in [-0.1, -0.05) is 13.3 Å². The molecule has 5 nitrogen and oxygen atoms in total. The Morgan fingerprint density at radius 3 is 2.39 bits per heavy atom. The van der Waals surface area contributed by atoms with Crippen LogP contribution in [0, 0.1) is 5.41 Å². The Bertz CT molecular complexity index is 325. The van der Waals surface area contributed by atoms with E-state index in [0.717, 1.165) is 12.8 Å². The van der Waals surface area contributed by atoms with Crippen molar-refractivity contribution in [2.24, 2.45) is 5.41 Å². The number of unbranched alkanes of at least 4 members (excludes halogenated alkanes) is 1. The zero-order valence-electron chi connectivity index (χ0n) is 10.7. The van der Waals surface area contributed by atoms with E-state index >= 15 is 0 Å². The Kier molecular flexibility index (Phi) is 3.61. The SMILES string of the molecule is CCCCOC(=O)C12CCC(C(=O)O)(CC1)OC2. The average molecular weight is 256 g/mol.